The summed E-state index contributed by atoms with van der Waals surface area (Å²) >= 11 is 0. The molecule has 398 valence electrons. The zero-order valence-electron chi connectivity index (χ0n) is 45.4. The van der Waals surface area contributed by atoms with Gasteiger partial charge < -0.3 is 20.3 Å². The van der Waals surface area contributed by atoms with Crippen LogP contribution >= 0.6 is 0 Å². The summed E-state index contributed by atoms with van der Waals surface area (Å²) in [5.74, 6) is -0.0274. The van der Waals surface area contributed by atoms with Crippen LogP contribution in [0.5, 0.6) is 0 Å². The Bertz CT molecular complexity index is 1000. The predicted molar refractivity (Wildman–Crippen MR) is 292 cm³/mol. The van der Waals surface area contributed by atoms with E-state index in [0.29, 0.717) is 25.9 Å². The van der Waals surface area contributed by atoms with E-state index in [2.05, 4.69) is 31.3 Å². The van der Waals surface area contributed by atoms with Crippen LogP contribution in [0.4, 0.5) is 0 Å². The summed E-state index contributed by atoms with van der Waals surface area (Å²) in [5.41, 5.74) is 0. The van der Waals surface area contributed by atoms with Gasteiger partial charge >= 0.3 is 5.97 Å². The number of esters is 1. The average Bonchev–Trinajstić information content (AvgIpc) is 3.33. The van der Waals surface area contributed by atoms with Gasteiger partial charge in [0.2, 0.25) is 5.91 Å². The molecule has 0 aliphatic carbocycles. The maximum absolute atomic E-state index is 12.5. The highest BCUT2D eigenvalue weighted by molar-refractivity contribution is 5.76. The van der Waals surface area contributed by atoms with Crippen molar-refractivity contribution in [3.63, 3.8) is 0 Å². The number of carbonyl (C=O) groups excluding carboxylic acids is 2. The monoisotopic (exact) mass is 946 g/mol. The molecule has 0 heterocycles. The molecule has 0 aliphatic rings. The Morgan fingerprint density at radius 1 is 0.403 bits per heavy atom. The Morgan fingerprint density at radius 3 is 1.06 bits per heavy atom. The molecule has 0 saturated heterocycles. The van der Waals surface area contributed by atoms with Crippen LogP contribution < -0.4 is 5.32 Å². The fourth-order valence-electron chi connectivity index (χ4n) is 9.64. The Kier molecular flexibility index (Phi) is 56.0. The van der Waals surface area contributed by atoms with E-state index in [1.165, 1.54) is 263 Å². The quantitative estimate of drug-likeness (QED) is 0.0321. The van der Waals surface area contributed by atoms with E-state index < -0.39 is 12.1 Å². The van der Waals surface area contributed by atoms with Crippen molar-refractivity contribution < 1.29 is 24.5 Å². The molecule has 0 fully saturated rings. The largest absolute Gasteiger partial charge is 0.466 e. The minimum atomic E-state index is -0.664. The van der Waals surface area contributed by atoms with Crippen molar-refractivity contribution in [2.75, 3.05) is 13.2 Å². The summed E-state index contributed by atoms with van der Waals surface area (Å²) in [4.78, 5) is 24.5. The molecule has 2 unspecified atom stereocenters. The van der Waals surface area contributed by atoms with E-state index in [4.69, 9.17) is 4.74 Å². The topological polar surface area (TPSA) is 95.9 Å². The van der Waals surface area contributed by atoms with E-state index >= 15 is 0 Å². The van der Waals surface area contributed by atoms with Crippen LogP contribution in [0.3, 0.4) is 0 Å². The summed E-state index contributed by atoms with van der Waals surface area (Å²) in [5, 5.41) is 23.2. The van der Waals surface area contributed by atoms with Crippen molar-refractivity contribution in [1.29, 1.82) is 0 Å². The molecular formula is C61H119NO5. The summed E-state index contributed by atoms with van der Waals surface area (Å²) < 4.78 is 5.49. The smallest absolute Gasteiger partial charge is 0.305 e. The first kappa shape index (κ1) is 65.6. The van der Waals surface area contributed by atoms with Crippen molar-refractivity contribution in [2.24, 2.45) is 0 Å². The number of hydrogen-bond donors (Lipinski definition) is 3. The summed E-state index contributed by atoms with van der Waals surface area (Å²) in [6.45, 7) is 4.96. The second kappa shape index (κ2) is 57.2. The van der Waals surface area contributed by atoms with E-state index in [-0.39, 0.29) is 18.5 Å². The van der Waals surface area contributed by atoms with Crippen LogP contribution in [0.25, 0.3) is 0 Å². The number of allylic oxidation sites excluding steroid dienone is 2. The lowest BCUT2D eigenvalue weighted by Crippen LogP contribution is -2.45. The molecule has 0 aromatic carbocycles. The molecule has 0 rings (SSSR count). The molecule has 6 nitrogen and oxygen atoms in total. The first-order chi connectivity index (χ1) is 33.0. The molecule has 0 aromatic heterocycles. The van der Waals surface area contributed by atoms with Gasteiger partial charge in [-0.25, -0.2) is 0 Å². The lowest BCUT2D eigenvalue weighted by Gasteiger charge is -2.22. The van der Waals surface area contributed by atoms with Crippen LogP contribution in [-0.4, -0.2) is 47.4 Å². The summed E-state index contributed by atoms with van der Waals surface area (Å²) in [6, 6.07) is -0.541. The van der Waals surface area contributed by atoms with Gasteiger partial charge in [-0.2, -0.15) is 0 Å². The first-order valence-electron chi connectivity index (χ1n) is 30.4. The van der Waals surface area contributed by atoms with Crippen LogP contribution in [0.15, 0.2) is 12.2 Å². The van der Waals surface area contributed by atoms with Crippen molar-refractivity contribution in [2.45, 2.75) is 353 Å². The SMILES string of the molecule is CCCCCCCC/C=C\CCCCCCCCCC(=O)OCCCCCCCCCCCCCCCCCCCCCCC(=O)NC(CO)C(O)CCCCCCCCCCCCCCC. The van der Waals surface area contributed by atoms with Crippen LogP contribution in [0.2, 0.25) is 0 Å². The minimum absolute atomic E-state index is 0.00794. The lowest BCUT2D eigenvalue weighted by atomic mass is 10.0. The molecule has 0 bridgehead atoms. The van der Waals surface area contributed by atoms with E-state index in [9.17, 15) is 19.8 Å². The number of aliphatic hydroxyl groups is 2. The molecule has 0 aromatic rings. The van der Waals surface area contributed by atoms with Crippen LogP contribution in [0.1, 0.15) is 341 Å². The fourth-order valence-corrected chi connectivity index (χ4v) is 9.64. The van der Waals surface area contributed by atoms with Gasteiger partial charge in [0.05, 0.1) is 25.4 Å². The van der Waals surface area contributed by atoms with Gasteiger partial charge in [0.15, 0.2) is 0 Å². The van der Waals surface area contributed by atoms with Crippen molar-refractivity contribution >= 4 is 11.9 Å². The number of nitrogens with one attached hydrogen (secondary N) is 1. The number of aliphatic hydroxyl groups excluding tert-OH is 2. The fraction of sp³-hybridized carbons (Fsp3) is 0.934. The molecule has 0 spiro atoms. The molecular weight excluding hydrogens is 827 g/mol. The van der Waals surface area contributed by atoms with Gasteiger partial charge in [-0.15, -0.1) is 0 Å². The molecule has 3 N–H and O–H groups in total. The summed E-state index contributed by atoms with van der Waals surface area (Å²) in [6.07, 6.45) is 67.8. The standard InChI is InChI=1S/C61H119NO5/c1-3-5-7-9-11-13-15-17-18-23-27-31-35-39-43-47-51-55-61(66)67-56-52-48-44-40-36-32-28-25-22-20-19-21-24-26-30-34-38-42-46-50-54-60(65)62-58(57-63)59(64)53-49-45-41-37-33-29-16-14-12-10-8-6-4-2/h17-18,58-59,63-64H,3-16,19-57H2,1-2H3,(H,62,65)/b18-17-. The van der Waals surface area contributed by atoms with Gasteiger partial charge in [-0.05, 0) is 51.4 Å². The van der Waals surface area contributed by atoms with Crippen molar-refractivity contribution in [3.05, 3.63) is 12.2 Å². The van der Waals surface area contributed by atoms with Crippen LogP contribution in [-0.2, 0) is 14.3 Å². The number of hydrogen-bond acceptors (Lipinski definition) is 5. The van der Waals surface area contributed by atoms with Crippen molar-refractivity contribution in [1.82, 2.24) is 5.32 Å². The molecule has 1 amide bonds. The van der Waals surface area contributed by atoms with Gasteiger partial charge in [0.1, 0.15) is 0 Å². The molecule has 0 aliphatic heterocycles. The Labute approximate surface area is 419 Å². The molecule has 0 radical (unpaired) electrons. The Balaban J connectivity index is 3.37. The van der Waals surface area contributed by atoms with Gasteiger partial charge in [0, 0.05) is 12.8 Å². The number of carbonyl (C=O) groups is 2. The summed E-state index contributed by atoms with van der Waals surface area (Å²) in [7, 11) is 0. The van der Waals surface area contributed by atoms with Crippen molar-refractivity contribution in [3.8, 4) is 0 Å². The van der Waals surface area contributed by atoms with Gasteiger partial charge in [0.25, 0.3) is 0 Å². The lowest BCUT2D eigenvalue weighted by molar-refractivity contribution is -0.143. The van der Waals surface area contributed by atoms with Gasteiger partial charge in [-0.1, -0.05) is 289 Å². The predicted octanol–water partition coefficient (Wildman–Crippen LogP) is 18.9. The van der Waals surface area contributed by atoms with E-state index in [1.807, 2.05) is 0 Å². The third-order valence-electron chi connectivity index (χ3n) is 14.3. The normalized spacial score (nSPS) is 12.6. The third-order valence-corrected chi connectivity index (χ3v) is 14.3. The Hall–Kier alpha value is -1.40. The zero-order valence-corrected chi connectivity index (χ0v) is 45.4. The molecule has 0 saturated carbocycles. The van der Waals surface area contributed by atoms with E-state index in [0.717, 1.165) is 44.9 Å². The Morgan fingerprint density at radius 2 is 0.701 bits per heavy atom. The average molecular weight is 947 g/mol. The highest BCUT2D eigenvalue weighted by Crippen LogP contribution is 2.18. The number of ether oxygens (including phenoxy) is 1. The zero-order chi connectivity index (χ0) is 48.6. The number of amides is 1. The van der Waals surface area contributed by atoms with E-state index in [1.54, 1.807) is 0 Å². The minimum Gasteiger partial charge on any atom is -0.466 e. The second-order valence-corrected chi connectivity index (χ2v) is 21.0. The maximum atomic E-state index is 12.5. The number of unbranched alkanes of at least 4 members (excludes halogenated alkanes) is 44. The third kappa shape index (κ3) is 53.8. The van der Waals surface area contributed by atoms with Gasteiger partial charge in [-0.3, -0.25) is 9.59 Å². The molecule has 6 heteroatoms. The maximum Gasteiger partial charge on any atom is 0.305 e. The highest BCUT2D eigenvalue weighted by atomic mass is 16.5. The highest BCUT2D eigenvalue weighted by Gasteiger charge is 2.20. The van der Waals surface area contributed by atoms with Crippen LogP contribution in [0, 0.1) is 0 Å². The number of rotatable bonds is 57. The first-order valence-corrected chi connectivity index (χ1v) is 30.4. The molecule has 2 atom stereocenters. The second-order valence-electron chi connectivity index (χ2n) is 21.0. The molecule has 67 heavy (non-hydrogen) atoms.